The lowest BCUT2D eigenvalue weighted by molar-refractivity contribution is 0.214. The molecule has 0 spiro atoms. The Bertz CT molecular complexity index is 1650. The fourth-order valence-electron chi connectivity index (χ4n) is 5.72. The second-order valence-corrected chi connectivity index (χ2v) is 11.7. The number of ether oxygens (including phenoxy) is 1. The van der Waals surface area contributed by atoms with E-state index in [9.17, 15) is 9.50 Å². The largest absolute Gasteiger partial charge is 0.508 e. The smallest absolute Gasteiger partial charge is 0.318 e. The molecule has 1 aliphatic carbocycles. The third-order valence-electron chi connectivity index (χ3n) is 8.36. The fraction of sp³-hybridized carbons (Fsp3) is 0.387. The summed E-state index contributed by atoms with van der Waals surface area (Å²) in [4.78, 5) is 16.9. The minimum atomic E-state index is -0.493. The SMILES string of the molecule is C#Cc1c(F)ccc2cc(O)cc(-c3ncc4c(N5CCCC(C)C5)nc(OCC5(CC)CC5)nc4c3P)c12. The van der Waals surface area contributed by atoms with Crippen LogP contribution in [-0.2, 0) is 0 Å². The minimum Gasteiger partial charge on any atom is -0.508 e. The Kier molecular flexibility index (Phi) is 6.55. The number of aromatic nitrogens is 3. The van der Waals surface area contributed by atoms with Gasteiger partial charge in [0.05, 0.1) is 28.8 Å². The van der Waals surface area contributed by atoms with Gasteiger partial charge in [0.25, 0.3) is 0 Å². The highest BCUT2D eigenvalue weighted by Crippen LogP contribution is 2.48. The van der Waals surface area contributed by atoms with Crippen LogP contribution in [0.25, 0.3) is 32.9 Å². The van der Waals surface area contributed by atoms with Crippen molar-refractivity contribution in [2.45, 2.75) is 46.0 Å². The molecular weight excluding hydrogens is 510 g/mol. The zero-order valence-corrected chi connectivity index (χ0v) is 23.5. The highest BCUT2D eigenvalue weighted by atomic mass is 31.0. The molecule has 6 nitrogen and oxygen atoms in total. The molecule has 0 bridgehead atoms. The number of fused-ring (bicyclic) bond motifs is 2. The summed E-state index contributed by atoms with van der Waals surface area (Å²) < 4.78 is 21.0. The van der Waals surface area contributed by atoms with Gasteiger partial charge in [0, 0.05) is 41.0 Å². The van der Waals surface area contributed by atoms with E-state index in [1.54, 1.807) is 24.4 Å². The number of phenols is 1. The standard InChI is InChI=1S/C31H32FN4O2P/c1-4-21-24(32)9-8-19-13-20(37)14-22(25(19)21)26-28(39)27-23(15-33-26)29(36-12-6-7-18(3)16-36)35-30(34-27)38-17-31(5-2)10-11-31/h1,8-9,13-15,18,37H,5-7,10-12,16-17,39H2,2-3H3. The lowest BCUT2D eigenvalue weighted by atomic mass is 9.96. The quantitative estimate of drug-likeness (QED) is 0.239. The molecule has 1 N–H and O–H groups in total. The third-order valence-corrected chi connectivity index (χ3v) is 8.91. The van der Waals surface area contributed by atoms with Crippen LogP contribution < -0.4 is 14.9 Å². The maximum atomic E-state index is 14.8. The Labute approximate surface area is 230 Å². The number of piperidine rings is 1. The van der Waals surface area contributed by atoms with E-state index in [-0.39, 0.29) is 16.7 Å². The highest BCUT2D eigenvalue weighted by Gasteiger charge is 2.41. The number of rotatable bonds is 6. The molecule has 3 heterocycles. The van der Waals surface area contributed by atoms with E-state index in [0.29, 0.717) is 51.4 Å². The van der Waals surface area contributed by atoms with Crippen molar-refractivity contribution >= 4 is 42.0 Å². The highest BCUT2D eigenvalue weighted by molar-refractivity contribution is 7.28. The molecule has 1 saturated carbocycles. The second kappa shape index (κ2) is 9.92. The van der Waals surface area contributed by atoms with E-state index in [4.69, 9.17) is 26.1 Å². The molecule has 1 saturated heterocycles. The van der Waals surface area contributed by atoms with Crippen molar-refractivity contribution in [2.75, 3.05) is 24.6 Å². The van der Waals surface area contributed by atoms with Crippen LogP contribution in [0.3, 0.4) is 0 Å². The van der Waals surface area contributed by atoms with Gasteiger partial charge in [-0.3, -0.25) is 4.98 Å². The summed E-state index contributed by atoms with van der Waals surface area (Å²) in [5.74, 6) is 3.42. The predicted octanol–water partition coefficient (Wildman–Crippen LogP) is 5.98. The number of aromatic hydroxyl groups is 1. The molecule has 1 aliphatic heterocycles. The molecule has 2 atom stereocenters. The number of hydrogen-bond acceptors (Lipinski definition) is 6. The molecule has 2 aromatic carbocycles. The summed E-state index contributed by atoms with van der Waals surface area (Å²) in [7, 11) is 2.75. The first-order valence-corrected chi connectivity index (χ1v) is 14.2. The number of pyridine rings is 1. The molecule has 200 valence electrons. The molecule has 8 heteroatoms. The first-order chi connectivity index (χ1) is 18.8. The Morgan fingerprint density at radius 2 is 2.10 bits per heavy atom. The first-order valence-electron chi connectivity index (χ1n) is 13.6. The average Bonchev–Trinajstić information content (AvgIpc) is 3.72. The second-order valence-electron chi connectivity index (χ2n) is 11.1. The van der Waals surface area contributed by atoms with Gasteiger partial charge in [-0.1, -0.05) is 25.8 Å². The number of phenolic OH excluding ortho intramolecular Hbond substituents is 1. The van der Waals surface area contributed by atoms with Gasteiger partial charge in [-0.15, -0.1) is 15.7 Å². The van der Waals surface area contributed by atoms with E-state index in [1.807, 2.05) is 0 Å². The summed E-state index contributed by atoms with van der Waals surface area (Å²) in [6.07, 6.45) is 13.2. The van der Waals surface area contributed by atoms with Gasteiger partial charge in [0.15, 0.2) is 0 Å². The normalized spacial score (nSPS) is 18.3. The Balaban J connectivity index is 1.55. The third kappa shape index (κ3) is 4.66. The predicted molar refractivity (Wildman–Crippen MR) is 157 cm³/mol. The average molecular weight is 543 g/mol. The van der Waals surface area contributed by atoms with E-state index < -0.39 is 5.82 Å². The summed E-state index contributed by atoms with van der Waals surface area (Å²) >= 11 is 0. The molecular formula is C31H32FN4O2P. The minimum absolute atomic E-state index is 0.0439. The number of benzene rings is 2. The van der Waals surface area contributed by atoms with Crippen LogP contribution in [0.1, 0.15) is 51.5 Å². The Morgan fingerprint density at radius 1 is 1.28 bits per heavy atom. The summed E-state index contributed by atoms with van der Waals surface area (Å²) in [6, 6.07) is 6.44. The van der Waals surface area contributed by atoms with Gasteiger partial charge in [-0.25, -0.2) is 4.39 Å². The van der Waals surface area contributed by atoms with Gasteiger partial charge < -0.3 is 14.7 Å². The molecule has 2 aliphatic rings. The van der Waals surface area contributed by atoms with Crippen LogP contribution in [0.5, 0.6) is 11.8 Å². The van der Waals surface area contributed by atoms with E-state index in [2.05, 4.69) is 33.9 Å². The molecule has 2 unspecified atom stereocenters. The van der Waals surface area contributed by atoms with Crippen LogP contribution in [-0.4, -0.2) is 39.8 Å². The van der Waals surface area contributed by atoms with Crippen molar-refractivity contribution in [1.82, 2.24) is 15.0 Å². The number of nitrogens with zero attached hydrogens (tertiary/aromatic N) is 4. The van der Waals surface area contributed by atoms with Crippen molar-refractivity contribution in [3.05, 3.63) is 41.8 Å². The van der Waals surface area contributed by atoms with Gasteiger partial charge in [0.2, 0.25) is 0 Å². The lowest BCUT2D eigenvalue weighted by Crippen LogP contribution is -2.35. The summed E-state index contributed by atoms with van der Waals surface area (Å²) in [5, 5.41) is 13.2. The molecule has 0 amide bonds. The molecule has 2 fully saturated rings. The zero-order valence-electron chi connectivity index (χ0n) is 22.3. The van der Waals surface area contributed by atoms with Crippen LogP contribution in [0.15, 0.2) is 30.5 Å². The number of terminal acetylenes is 1. The maximum absolute atomic E-state index is 14.8. The van der Waals surface area contributed by atoms with Gasteiger partial charge >= 0.3 is 6.01 Å². The number of halogens is 1. The molecule has 6 rings (SSSR count). The first kappa shape index (κ1) is 25.8. The van der Waals surface area contributed by atoms with Crippen molar-refractivity contribution in [2.24, 2.45) is 11.3 Å². The maximum Gasteiger partial charge on any atom is 0.318 e. The van der Waals surface area contributed by atoms with Crippen molar-refractivity contribution < 1.29 is 14.2 Å². The Morgan fingerprint density at radius 3 is 2.82 bits per heavy atom. The van der Waals surface area contributed by atoms with E-state index in [1.165, 1.54) is 12.5 Å². The molecule has 2 aromatic heterocycles. The van der Waals surface area contributed by atoms with Crippen molar-refractivity contribution in [3.8, 4) is 35.4 Å². The number of hydrogen-bond donors (Lipinski definition) is 1. The van der Waals surface area contributed by atoms with Crippen LogP contribution in [0.2, 0.25) is 0 Å². The van der Waals surface area contributed by atoms with Gasteiger partial charge in [0.1, 0.15) is 17.4 Å². The van der Waals surface area contributed by atoms with Crippen LogP contribution >= 0.6 is 9.24 Å². The number of anilines is 1. The van der Waals surface area contributed by atoms with Gasteiger partial charge in [-0.2, -0.15) is 9.97 Å². The lowest BCUT2D eigenvalue weighted by Gasteiger charge is -2.32. The van der Waals surface area contributed by atoms with Crippen LogP contribution in [0.4, 0.5) is 10.2 Å². The summed E-state index contributed by atoms with van der Waals surface area (Å²) in [6.45, 7) is 6.86. The monoisotopic (exact) mass is 542 g/mol. The van der Waals surface area contributed by atoms with Crippen LogP contribution in [0, 0.1) is 29.5 Å². The van der Waals surface area contributed by atoms with E-state index in [0.717, 1.165) is 50.0 Å². The molecule has 39 heavy (non-hydrogen) atoms. The van der Waals surface area contributed by atoms with Crippen molar-refractivity contribution in [1.29, 1.82) is 0 Å². The van der Waals surface area contributed by atoms with Gasteiger partial charge in [-0.05, 0) is 61.6 Å². The fourth-order valence-corrected chi connectivity index (χ4v) is 6.17. The van der Waals surface area contributed by atoms with E-state index >= 15 is 0 Å². The Hall–Kier alpha value is -3.49. The van der Waals surface area contributed by atoms with Crippen molar-refractivity contribution in [3.63, 3.8) is 0 Å². The summed E-state index contributed by atoms with van der Waals surface area (Å²) in [5.41, 5.74) is 2.14. The zero-order chi connectivity index (χ0) is 27.3. The molecule has 4 aromatic rings. The topological polar surface area (TPSA) is 71.4 Å². The molecule has 0 radical (unpaired) electrons.